The summed E-state index contributed by atoms with van der Waals surface area (Å²) in [5.41, 5.74) is 4.17. The largest absolute Gasteiger partial charge is 0.502 e. The second-order valence-electron chi connectivity index (χ2n) is 7.11. The lowest BCUT2D eigenvalue weighted by Gasteiger charge is -2.19. The highest BCUT2D eigenvalue weighted by molar-refractivity contribution is 7.81. The highest BCUT2D eigenvalue weighted by Gasteiger charge is 2.25. The molecule has 6 heteroatoms. The standard InChI is InChI=1S/C24H22N2O3S/c1-16-6-7-17(2)19(14-16)25-24(30)22(26-10-4-3-5-11-26)23(27)18-8-9-20-21(15-18)29-13-12-28-20/h3-11,14-15H,12-13H2,1-2H3,(H-,25,27,30)/p+1. The van der Waals surface area contributed by atoms with Crippen molar-refractivity contribution >= 4 is 34.3 Å². The monoisotopic (exact) mass is 419 g/mol. The van der Waals surface area contributed by atoms with Gasteiger partial charge in [-0.1, -0.05) is 30.4 Å². The molecule has 5 nitrogen and oxygen atoms in total. The van der Waals surface area contributed by atoms with Crippen LogP contribution in [0.15, 0.2) is 67.0 Å². The van der Waals surface area contributed by atoms with Gasteiger partial charge in [0.15, 0.2) is 34.6 Å². The van der Waals surface area contributed by atoms with Crippen LogP contribution >= 0.6 is 12.2 Å². The molecule has 0 spiro atoms. The summed E-state index contributed by atoms with van der Waals surface area (Å²) in [6, 6.07) is 17.2. The summed E-state index contributed by atoms with van der Waals surface area (Å²) in [5.74, 6) is 1.32. The summed E-state index contributed by atoms with van der Waals surface area (Å²) in [7, 11) is 0. The van der Waals surface area contributed by atoms with Crippen molar-refractivity contribution in [2.45, 2.75) is 13.8 Å². The van der Waals surface area contributed by atoms with Gasteiger partial charge in [0.1, 0.15) is 13.2 Å². The van der Waals surface area contributed by atoms with Crippen LogP contribution in [0.5, 0.6) is 11.5 Å². The molecule has 0 saturated carbocycles. The van der Waals surface area contributed by atoms with Crippen LogP contribution in [-0.4, -0.2) is 23.3 Å². The van der Waals surface area contributed by atoms with E-state index in [1.807, 2.05) is 56.6 Å². The maximum atomic E-state index is 11.2. The van der Waals surface area contributed by atoms with Crippen molar-refractivity contribution in [2.24, 2.45) is 0 Å². The van der Waals surface area contributed by atoms with E-state index in [0.29, 0.717) is 41.0 Å². The number of hydrogen-bond acceptors (Lipinski definition) is 4. The van der Waals surface area contributed by atoms with E-state index in [9.17, 15) is 5.11 Å². The van der Waals surface area contributed by atoms with Gasteiger partial charge in [-0.2, -0.15) is 4.57 Å². The van der Waals surface area contributed by atoms with Gasteiger partial charge < -0.3 is 19.9 Å². The number of benzene rings is 2. The van der Waals surface area contributed by atoms with E-state index in [0.717, 1.165) is 16.8 Å². The number of nitrogens with zero attached hydrogens (tertiary/aromatic N) is 1. The predicted octanol–water partition coefficient (Wildman–Crippen LogP) is 4.69. The number of fused-ring (bicyclic) bond motifs is 1. The first kappa shape index (κ1) is 19.9. The molecule has 0 atom stereocenters. The molecule has 1 aliphatic rings. The number of ether oxygens (including phenoxy) is 2. The van der Waals surface area contributed by atoms with Crippen molar-refractivity contribution in [2.75, 3.05) is 18.5 Å². The van der Waals surface area contributed by atoms with Gasteiger partial charge in [-0.3, -0.25) is 0 Å². The van der Waals surface area contributed by atoms with Crippen LogP contribution in [-0.2, 0) is 0 Å². The molecule has 4 rings (SSSR count). The third-order valence-corrected chi connectivity index (χ3v) is 5.17. The van der Waals surface area contributed by atoms with Crippen molar-refractivity contribution in [3.63, 3.8) is 0 Å². The summed E-state index contributed by atoms with van der Waals surface area (Å²) < 4.78 is 13.1. The summed E-state index contributed by atoms with van der Waals surface area (Å²) in [4.78, 5) is 0.410. The minimum absolute atomic E-state index is 0.0472. The van der Waals surface area contributed by atoms with Crippen LogP contribution < -0.4 is 19.4 Å². The van der Waals surface area contributed by atoms with Crippen LogP contribution in [0.2, 0.25) is 0 Å². The number of aryl methyl sites for hydroxylation is 2. The van der Waals surface area contributed by atoms with Crippen molar-refractivity contribution < 1.29 is 19.1 Å². The van der Waals surface area contributed by atoms with Crippen molar-refractivity contribution in [3.05, 3.63) is 83.7 Å². The van der Waals surface area contributed by atoms with Crippen LogP contribution in [0.25, 0.3) is 11.5 Å². The zero-order chi connectivity index (χ0) is 21.1. The van der Waals surface area contributed by atoms with Crippen molar-refractivity contribution in [1.29, 1.82) is 0 Å². The molecule has 0 saturated heterocycles. The van der Waals surface area contributed by atoms with E-state index in [4.69, 9.17) is 21.7 Å². The van der Waals surface area contributed by atoms with Crippen LogP contribution in [0.4, 0.5) is 5.69 Å². The summed E-state index contributed by atoms with van der Waals surface area (Å²) in [6.45, 7) is 5.05. The van der Waals surface area contributed by atoms with Gasteiger partial charge in [-0.25, -0.2) is 0 Å². The Balaban J connectivity index is 1.78. The number of rotatable bonds is 4. The van der Waals surface area contributed by atoms with E-state index >= 15 is 0 Å². The van der Waals surface area contributed by atoms with E-state index in [-0.39, 0.29) is 5.76 Å². The molecule has 152 valence electrons. The van der Waals surface area contributed by atoms with Gasteiger partial charge >= 0.3 is 0 Å². The maximum absolute atomic E-state index is 11.2. The van der Waals surface area contributed by atoms with E-state index in [1.165, 1.54) is 0 Å². The van der Waals surface area contributed by atoms with Crippen LogP contribution in [0.3, 0.4) is 0 Å². The average Bonchev–Trinajstić information content (AvgIpc) is 2.77. The molecule has 3 aromatic rings. The molecule has 1 aromatic heterocycles. The highest BCUT2D eigenvalue weighted by Crippen LogP contribution is 2.33. The number of hydrogen-bond donors (Lipinski definition) is 2. The third-order valence-electron chi connectivity index (χ3n) is 4.87. The Labute approximate surface area is 181 Å². The van der Waals surface area contributed by atoms with Crippen molar-refractivity contribution in [1.82, 2.24) is 0 Å². The third kappa shape index (κ3) is 4.14. The van der Waals surface area contributed by atoms with Gasteiger partial charge in [-0.05, 0) is 49.2 Å². The van der Waals surface area contributed by atoms with Crippen LogP contribution in [0.1, 0.15) is 16.7 Å². The summed E-state index contributed by atoms with van der Waals surface area (Å²) >= 11 is 5.73. The fourth-order valence-electron chi connectivity index (χ4n) is 3.27. The summed E-state index contributed by atoms with van der Waals surface area (Å²) in [6.07, 6.45) is 3.70. The average molecular weight is 420 g/mol. The Morgan fingerprint density at radius 3 is 2.47 bits per heavy atom. The number of nitrogens with one attached hydrogen (secondary N) is 1. The minimum atomic E-state index is 0.0472. The number of anilines is 1. The van der Waals surface area contributed by atoms with Gasteiger partial charge in [0.05, 0.1) is 0 Å². The Bertz CT molecular complexity index is 1130. The molecule has 2 aromatic carbocycles. The molecule has 0 unspecified atom stereocenters. The highest BCUT2D eigenvalue weighted by atomic mass is 32.1. The van der Waals surface area contributed by atoms with E-state index in [1.54, 1.807) is 22.8 Å². The van der Waals surface area contributed by atoms with Gasteiger partial charge in [0, 0.05) is 23.4 Å². The lowest BCUT2D eigenvalue weighted by atomic mass is 10.1. The molecule has 2 N–H and O–H groups in total. The normalized spacial score (nSPS) is 13.4. The topological polar surface area (TPSA) is 54.6 Å². The summed E-state index contributed by atoms with van der Waals surface area (Å²) in [5, 5.41) is 14.5. The van der Waals surface area contributed by atoms with Crippen molar-refractivity contribution in [3.8, 4) is 11.5 Å². The van der Waals surface area contributed by atoms with E-state index in [2.05, 4.69) is 11.4 Å². The zero-order valence-corrected chi connectivity index (χ0v) is 17.7. The molecular formula is C24H23N2O3S+. The fraction of sp³-hybridized carbons (Fsp3) is 0.167. The SMILES string of the molecule is Cc1ccc(C)c(NC(=S)/C(=C(\O)c2ccc3c(c2)OCCO3)[n+]2ccccc2)c1. The number of aromatic nitrogens is 1. The molecule has 0 aliphatic carbocycles. The van der Waals surface area contributed by atoms with Crippen LogP contribution in [0, 0.1) is 13.8 Å². The quantitative estimate of drug-likeness (QED) is 0.278. The number of aliphatic hydroxyl groups excluding tert-OH is 1. The maximum Gasteiger partial charge on any atom is 0.288 e. The second-order valence-corrected chi connectivity index (χ2v) is 7.52. The smallest absolute Gasteiger partial charge is 0.288 e. The first-order valence-electron chi connectivity index (χ1n) is 9.71. The molecule has 0 bridgehead atoms. The molecule has 1 aliphatic heterocycles. The number of aliphatic hydroxyl groups is 1. The number of thiocarbonyl (C=S) groups is 1. The molecular weight excluding hydrogens is 396 g/mol. The van der Waals surface area contributed by atoms with E-state index < -0.39 is 0 Å². The lowest BCUT2D eigenvalue weighted by Crippen LogP contribution is -2.38. The number of pyridine rings is 1. The second kappa shape index (κ2) is 8.55. The minimum Gasteiger partial charge on any atom is -0.502 e. The predicted molar refractivity (Wildman–Crippen MR) is 122 cm³/mol. The molecule has 0 amide bonds. The molecule has 0 radical (unpaired) electrons. The van der Waals surface area contributed by atoms with Gasteiger partial charge in [0.25, 0.3) is 5.70 Å². The zero-order valence-electron chi connectivity index (χ0n) is 16.9. The van der Waals surface area contributed by atoms with Gasteiger partial charge in [-0.15, -0.1) is 0 Å². The fourth-order valence-corrected chi connectivity index (χ4v) is 3.59. The first-order chi connectivity index (χ1) is 14.5. The molecule has 30 heavy (non-hydrogen) atoms. The molecule has 2 heterocycles. The first-order valence-corrected chi connectivity index (χ1v) is 10.1. The van der Waals surface area contributed by atoms with Gasteiger partial charge in [0.2, 0.25) is 0 Å². The Morgan fingerprint density at radius 1 is 0.967 bits per heavy atom. The Morgan fingerprint density at radius 2 is 1.70 bits per heavy atom. The lowest BCUT2D eigenvalue weighted by molar-refractivity contribution is -0.575. The Hall–Kier alpha value is -3.38. The Kier molecular flexibility index (Phi) is 5.68. The molecule has 0 fully saturated rings.